The molecule has 5 heteroatoms. The van der Waals surface area contributed by atoms with Gasteiger partial charge < -0.3 is 19.3 Å². The molecule has 0 aliphatic carbocycles. The van der Waals surface area contributed by atoms with Crippen LogP contribution in [0.1, 0.15) is 58.3 Å². The van der Waals surface area contributed by atoms with Crippen LogP contribution < -0.4 is 0 Å². The topological polar surface area (TPSA) is 65.0 Å². The van der Waals surface area contributed by atoms with E-state index in [1.54, 1.807) is 0 Å². The number of esters is 1. The van der Waals surface area contributed by atoms with Crippen LogP contribution in [0.25, 0.3) is 0 Å². The average molecular weight is 457 g/mol. The molecule has 2 saturated heterocycles. The van der Waals surface area contributed by atoms with Crippen LogP contribution in [-0.4, -0.2) is 48.7 Å². The molecule has 33 heavy (non-hydrogen) atoms. The second kappa shape index (κ2) is 17.3. The summed E-state index contributed by atoms with van der Waals surface area (Å²) in [5, 5.41) is 9.71. The van der Waals surface area contributed by atoms with Gasteiger partial charge in [-0.05, 0) is 44.9 Å². The van der Waals surface area contributed by atoms with E-state index in [2.05, 4.69) is 73.8 Å². The van der Waals surface area contributed by atoms with Gasteiger partial charge in [0.1, 0.15) is 18.3 Å². The molecule has 2 aliphatic rings. The molecule has 5 nitrogen and oxygen atoms in total. The van der Waals surface area contributed by atoms with Crippen molar-refractivity contribution in [2.24, 2.45) is 0 Å². The van der Waals surface area contributed by atoms with Gasteiger partial charge in [0.2, 0.25) is 0 Å². The molecule has 0 radical (unpaired) electrons. The number of carbonyl (C=O) groups excluding carboxylic acids is 1. The van der Waals surface area contributed by atoms with Gasteiger partial charge in [-0.25, -0.2) is 0 Å². The van der Waals surface area contributed by atoms with Gasteiger partial charge in [-0.15, -0.1) is 0 Å². The number of fused-ring (bicyclic) bond motifs is 1. The Kier molecular flexibility index (Phi) is 14.2. The SMILES string of the molecule is CC/C=C/C/C=C/C/C=C/C/C=C/C/C=C/C/C=C/CCC(=O)O[C@H]1CO[C@H]2[C@@H]1OC[C@H]2O. The van der Waals surface area contributed by atoms with E-state index in [0.717, 1.165) is 38.5 Å². The molecule has 1 N–H and O–H groups in total. The van der Waals surface area contributed by atoms with E-state index < -0.39 is 12.2 Å². The number of aliphatic hydroxyl groups is 1. The fraction of sp³-hybridized carbons (Fsp3) is 0.536. The molecule has 0 aromatic heterocycles. The zero-order valence-electron chi connectivity index (χ0n) is 19.9. The summed E-state index contributed by atoms with van der Waals surface area (Å²) in [6.07, 6.45) is 31.0. The van der Waals surface area contributed by atoms with Crippen molar-refractivity contribution in [2.45, 2.75) is 82.7 Å². The first-order valence-electron chi connectivity index (χ1n) is 12.2. The van der Waals surface area contributed by atoms with E-state index >= 15 is 0 Å². The second-order valence-electron chi connectivity index (χ2n) is 8.15. The maximum atomic E-state index is 12.0. The standard InChI is InChI=1S/C28H40O5/c1-2-3-4-5-6-7-8-9-10-11-12-13-14-15-16-17-18-19-20-21-26(30)33-25-23-32-27-24(29)22-31-28(25)27/h3-4,6-7,9-10,12-13,15-16,18-19,24-25,27-29H,2,5,8,11,14,17,20-23H2,1H3/b4-3+,7-6+,10-9+,13-12+,16-15+,19-18+/t24-,25+,27-,28-/m1/s1. The summed E-state index contributed by atoms with van der Waals surface area (Å²) >= 11 is 0. The third-order valence-electron chi connectivity index (χ3n) is 5.38. The molecule has 0 aromatic rings. The minimum Gasteiger partial charge on any atom is -0.457 e. The van der Waals surface area contributed by atoms with Gasteiger partial charge in [0.05, 0.1) is 13.2 Å². The molecule has 0 unspecified atom stereocenters. The first-order chi connectivity index (χ1) is 16.2. The molecule has 2 fully saturated rings. The van der Waals surface area contributed by atoms with E-state index in [0.29, 0.717) is 12.8 Å². The van der Waals surface area contributed by atoms with Crippen LogP contribution in [0, 0.1) is 0 Å². The Morgan fingerprint density at radius 2 is 1.24 bits per heavy atom. The lowest BCUT2D eigenvalue weighted by molar-refractivity contribution is -0.153. The van der Waals surface area contributed by atoms with Crippen LogP contribution in [0.2, 0.25) is 0 Å². The van der Waals surface area contributed by atoms with Crippen molar-refractivity contribution in [3.63, 3.8) is 0 Å². The maximum Gasteiger partial charge on any atom is 0.306 e. The van der Waals surface area contributed by atoms with Crippen molar-refractivity contribution in [3.8, 4) is 0 Å². The Morgan fingerprint density at radius 3 is 1.79 bits per heavy atom. The van der Waals surface area contributed by atoms with Crippen molar-refractivity contribution >= 4 is 5.97 Å². The Bertz CT molecular complexity index is 716. The lowest BCUT2D eigenvalue weighted by atomic mass is 10.1. The zero-order chi connectivity index (χ0) is 23.6. The van der Waals surface area contributed by atoms with Crippen LogP contribution in [0.5, 0.6) is 0 Å². The number of hydrogen-bond donors (Lipinski definition) is 1. The highest BCUT2D eigenvalue weighted by molar-refractivity contribution is 5.69. The molecular weight excluding hydrogens is 416 g/mol. The van der Waals surface area contributed by atoms with E-state index in [1.165, 1.54) is 0 Å². The molecule has 0 amide bonds. The van der Waals surface area contributed by atoms with Crippen molar-refractivity contribution in [3.05, 3.63) is 72.9 Å². The molecule has 2 heterocycles. The predicted octanol–water partition coefficient (Wildman–Crippen LogP) is 5.53. The summed E-state index contributed by atoms with van der Waals surface area (Å²) in [6.45, 7) is 2.68. The average Bonchev–Trinajstić information content (AvgIpc) is 3.38. The number of hydrogen-bond acceptors (Lipinski definition) is 5. The summed E-state index contributed by atoms with van der Waals surface area (Å²) in [5.74, 6) is -0.256. The van der Waals surface area contributed by atoms with Gasteiger partial charge in [0.25, 0.3) is 0 Å². The highest BCUT2D eigenvalue weighted by Crippen LogP contribution is 2.29. The smallest absolute Gasteiger partial charge is 0.306 e. The Hall–Kier alpha value is -2.21. The third-order valence-corrected chi connectivity index (χ3v) is 5.38. The van der Waals surface area contributed by atoms with Crippen LogP contribution in [0.15, 0.2) is 72.9 Å². The van der Waals surface area contributed by atoms with Crippen molar-refractivity contribution in [1.29, 1.82) is 0 Å². The third kappa shape index (κ3) is 11.5. The molecule has 2 rings (SSSR count). The molecule has 0 bridgehead atoms. The Balaban J connectivity index is 1.43. The molecule has 0 saturated carbocycles. The molecular formula is C28H40O5. The number of carbonyl (C=O) groups is 1. The lowest BCUT2D eigenvalue weighted by Gasteiger charge is -2.16. The normalized spacial score (nSPS) is 25.8. The van der Waals surface area contributed by atoms with Gasteiger partial charge in [0, 0.05) is 6.42 Å². The van der Waals surface area contributed by atoms with Crippen LogP contribution in [0.4, 0.5) is 0 Å². The summed E-state index contributed by atoms with van der Waals surface area (Å²) in [4.78, 5) is 12.0. The first kappa shape index (κ1) is 27.0. The van der Waals surface area contributed by atoms with Crippen LogP contribution >= 0.6 is 0 Å². The zero-order valence-corrected chi connectivity index (χ0v) is 19.9. The highest BCUT2D eigenvalue weighted by atomic mass is 16.6. The van der Waals surface area contributed by atoms with Crippen molar-refractivity contribution in [1.82, 2.24) is 0 Å². The number of ether oxygens (including phenoxy) is 3. The summed E-state index contributed by atoms with van der Waals surface area (Å²) in [6, 6.07) is 0. The molecule has 0 aromatic carbocycles. The van der Waals surface area contributed by atoms with E-state index in [1.807, 2.05) is 6.08 Å². The highest BCUT2D eigenvalue weighted by Gasteiger charge is 2.48. The largest absolute Gasteiger partial charge is 0.457 e. The number of aliphatic hydroxyl groups excluding tert-OH is 1. The van der Waals surface area contributed by atoms with Crippen LogP contribution in [-0.2, 0) is 19.0 Å². The second-order valence-corrected chi connectivity index (χ2v) is 8.15. The fourth-order valence-corrected chi connectivity index (χ4v) is 3.61. The first-order valence-corrected chi connectivity index (χ1v) is 12.2. The van der Waals surface area contributed by atoms with Gasteiger partial charge in [0.15, 0.2) is 6.10 Å². The quantitative estimate of drug-likeness (QED) is 0.259. The predicted molar refractivity (Wildman–Crippen MR) is 133 cm³/mol. The van der Waals surface area contributed by atoms with E-state index in [9.17, 15) is 9.90 Å². The minimum atomic E-state index is -0.627. The van der Waals surface area contributed by atoms with E-state index in [4.69, 9.17) is 14.2 Å². The monoisotopic (exact) mass is 456 g/mol. The van der Waals surface area contributed by atoms with Crippen molar-refractivity contribution < 1.29 is 24.1 Å². The van der Waals surface area contributed by atoms with Gasteiger partial charge >= 0.3 is 5.97 Å². The summed E-state index contributed by atoms with van der Waals surface area (Å²) in [7, 11) is 0. The number of allylic oxidation sites excluding steroid dienone is 12. The Morgan fingerprint density at radius 1 is 0.758 bits per heavy atom. The van der Waals surface area contributed by atoms with Gasteiger partial charge in [-0.2, -0.15) is 0 Å². The molecule has 182 valence electrons. The fourth-order valence-electron chi connectivity index (χ4n) is 3.61. The van der Waals surface area contributed by atoms with Crippen LogP contribution in [0.3, 0.4) is 0 Å². The summed E-state index contributed by atoms with van der Waals surface area (Å²) < 4.78 is 16.4. The van der Waals surface area contributed by atoms with Gasteiger partial charge in [-0.3, -0.25) is 4.79 Å². The molecule has 0 spiro atoms. The number of rotatable bonds is 15. The summed E-state index contributed by atoms with van der Waals surface area (Å²) in [5.41, 5.74) is 0. The van der Waals surface area contributed by atoms with Crippen molar-refractivity contribution in [2.75, 3.05) is 13.2 Å². The Labute approximate surface area is 199 Å². The minimum absolute atomic E-state index is 0.238. The van der Waals surface area contributed by atoms with Gasteiger partial charge in [-0.1, -0.05) is 79.8 Å². The lowest BCUT2D eigenvalue weighted by Crippen LogP contribution is -2.34. The molecule has 4 atom stereocenters. The van der Waals surface area contributed by atoms with E-state index in [-0.39, 0.29) is 31.4 Å². The maximum absolute atomic E-state index is 12.0. The molecule has 2 aliphatic heterocycles.